The highest BCUT2D eigenvalue weighted by molar-refractivity contribution is 5.52. The topological polar surface area (TPSA) is 35.3 Å². The summed E-state index contributed by atoms with van der Waals surface area (Å²) in [6, 6.07) is 6.26. The molecule has 1 aromatic rings. The highest BCUT2D eigenvalue weighted by Gasteiger charge is 2.38. The molecule has 2 N–H and O–H groups in total. The lowest BCUT2D eigenvalue weighted by atomic mass is 9.84. The van der Waals surface area contributed by atoms with Crippen LogP contribution in [0.3, 0.4) is 0 Å². The number of rotatable bonds is 20. The molecule has 0 aromatic heterocycles. The van der Waals surface area contributed by atoms with E-state index in [9.17, 15) is 5.11 Å². The maximum atomic E-state index is 11.2. The Labute approximate surface area is 216 Å². The molecule has 0 saturated heterocycles. The predicted molar refractivity (Wildman–Crippen MR) is 153 cm³/mol. The number of nitrogens with one attached hydrogen (secondary N) is 1. The van der Waals surface area contributed by atoms with Gasteiger partial charge < -0.3 is 5.11 Å². The van der Waals surface area contributed by atoms with Gasteiger partial charge in [0.2, 0.25) is 6.34 Å². The van der Waals surface area contributed by atoms with Crippen LogP contribution < -0.4 is 5.32 Å². The van der Waals surface area contributed by atoms with Crippen LogP contribution in [-0.4, -0.2) is 29.1 Å². The van der Waals surface area contributed by atoms with E-state index < -0.39 is 0 Å². The summed E-state index contributed by atoms with van der Waals surface area (Å²) in [4.78, 5) is 0. The number of phenolic OH excluding ortho intramolecular Hbond substituents is 1. The number of benzene rings is 1. The van der Waals surface area contributed by atoms with Crippen LogP contribution in [0.25, 0.3) is 0 Å². The third kappa shape index (κ3) is 9.50. The van der Waals surface area contributed by atoms with Gasteiger partial charge in [-0.05, 0) is 56.6 Å². The van der Waals surface area contributed by atoms with Crippen molar-refractivity contribution in [1.82, 2.24) is 5.32 Å². The smallest absolute Gasteiger partial charge is 0.233 e. The van der Waals surface area contributed by atoms with Gasteiger partial charge in [0.25, 0.3) is 0 Å². The van der Waals surface area contributed by atoms with Crippen molar-refractivity contribution in [2.45, 2.75) is 122 Å². The van der Waals surface area contributed by atoms with Gasteiger partial charge in [-0.2, -0.15) is 0 Å². The average molecular weight is 482 g/mol. The maximum Gasteiger partial charge on any atom is 0.233 e. The van der Waals surface area contributed by atoms with E-state index in [0.29, 0.717) is 5.75 Å². The van der Waals surface area contributed by atoms with Gasteiger partial charge in [0.1, 0.15) is 18.8 Å². The van der Waals surface area contributed by atoms with E-state index in [1.807, 2.05) is 12.4 Å². The zero-order valence-electron chi connectivity index (χ0n) is 22.9. The molecular formula is C32H53N2O+. The molecule has 3 nitrogen and oxygen atoms in total. The van der Waals surface area contributed by atoms with E-state index in [-0.39, 0.29) is 5.54 Å². The number of aromatic hydroxyl groups is 1. The molecule has 2 rings (SSSR count). The van der Waals surface area contributed by atoms with Gasteiger partial charge in [-0.15, -0.1) is 0 Å². The maximum absolute atomic E-state index is 11.2. The standard InChI is InChI=1S/C32H52N2O/c1-4-7-8-9-10-11-12-13-14-15-16-17-18-19-20-21-23-29-24-22-25-30(31(29)35)32(5-2,6-3)34-27-26-33-28-34/h5,13-14,22,24-25,28,35H,2,4,6-12,15-21,23,26-27H2,1,3H3/p+1. The Hall–Kier alpha value is -2.03. The van der Waals surface area contributed by atoms with Gasteiger partial charge in [0, 0.05) is 5.56 Å². The average Bonchev–Trinajstić information content (AvgIpc) is 3.42. The van der Waals surface area contributed by atoms with Gasteiger partial charge in [-0.1, -0.05) is 109 Å². The lowest BCUT2D eigenvalue weighted by Gasteiger charge is -2.30. The summed E-state index contributed by atoms with van der Waals surface area (Å²) in [5.74, 6) is 0.460. The second kappa shape index (κ2) is 17.4. The van der Waals surface area contributed by atoms with Crippen molar-refractivity contribution in [3.63, 3.8) is 0 Å². The Morgan fingerprint density at radius 2 is 1.54 bits per heavy atom. The molecule has 0 amide bonds. The molecule has 0 saturated carbocycles. The Bertz CT molecular complexity index is 782. The summed E-state index contributed by atoms with van der Waals surface area (Å²) >= 11 is 0. The summed E-state index contributed by atoms with van der Waals surface area (Å²) in [6.45, 7) is 10.5. The highest BCUT2D eigenvalue weighted by atomic mass is 16.3. The summed E-state index contributed by atoms with van der Waals surface area (Å²) in [7, 11) is 0. The predicted octanol–water partition coefficient (Wildman–Crippen LogP) is 8.41. The minimum absolute atomic E-state index is 0.354. The number of allylic oxidation sites excluding steroid dienone is 2. The van der Waals surface area contributed by atoms with E-state index in [0.717, 1.165) is 43.5 Å². The largest absolute Gasteiger partial charge is 0.507 e. The molecule has 0 aliphatic carbocycles. The second-order valence-electron chi connectivity index (χ2n) is 10.3. The number of unbranched alkanes of at least 4 members (excludes halogenated alkanes) is 12. The van der Waals surface area contributed by atoms with Gasteiger partial charge in [0.15, 0.2) is 5.54 Å². The number of hydrogen-bond acceptors (Lipinski definition) is 2. The van der Waals surface area contributed by atoms with Gasteiger partial charge >= 0.3 is 0 Å². The molecule has 1 aliphatic heterocycles. The molecule has 0 radical (unpaired) electrons. The first-order valence-corrected chi connectivity index (χ1v) is 14.6. The summed E-state index contributed by atoms with van der Waals surface area (Å²) in [5, 5.41) is 14.5. The van der Waals surface area contributed by atoms with Crippen LogP contribution in [0.4, 0.5) is 0 Å². The van der Waals surface area contributed by atoms with Crippen LogP contribution in [0.15, 0.2) is 43.0 Å². The number of nitrogens with zero attached hydrogens (tertiary/aromatic N) is 1. The first-order valence-electron chi connectivity index (χ1n) is 14.6. The van der Waals surface area contributed by atoms with E-state index >= 15 is 0 Å². The molecular weight excluding hydrogens is 428 g/mol. The van der Waals surface area contributed by atoms with E-state index in [1.165, 1.54) is 83.5 Å². The molecule has 1 atom stereocenters. The molecule has 35 heavy (non-hydrogen) atoms. The zero-order valence-corrected chi connectivity index (χ0v) is 22.9. The lowest BCUT2D eigenvalue weighted by Crippen LogP contribution is -2.37. The molecule has 0 spiro atoms. The van der Waals surface area contributed by atoms with Crippen LogP contribution >= 0.6 is 0 Å². The fourth-order valence-corrected chi connectivity index (χ4v) is 5.36. The molecule has 1 aromatic carbocycles. The lowest BCUT2D eigenvalue weighted by molar-refractivity contribution is -0.593. The van der Waals surface area contributed by atoms with Crippen LogP contribution in [0, 0.1) is 0 Å². The van der Waals surface area contributed by atoms with Crippen molar-refractivity contribution < 1.29 is 9.68 Å². The number of para-hydroxylation sites is 1. The third-order valence-corrected chi connectivity index (χ3v) is 7.68. The highest BCUT2D eigenvalue weighted by Crippen LogP contribution is 2.38. The Morgan fingerprint density at radius 1 is 0.914 bits per heavy atom. The van der Waals surface area contributed by atoms with Gasteiger partial charge in [-0.3, -0.25) is 9.89 Å². The zero-order chi connectivity index (χ0) is 25.2. The summed E-state index contributed by atoms with van der Waals surface area (Å²) in [5.41, 5.74) is 1.70. The second-order valence-corrected chi connectivity index (χ2v) is 10.3. The van der Waals surface area contributed by atoms with E-state index in [4.69, 9.17) is 0 Å². The summed E-state index contributed by atoms with van der Waals surface area (Å²) in [6.07, 6.45) is 29.1. The van der Waals surface area contributed by atoms with Crippen LogP contribution in [0.5, 0.6) is 5.75 Å². The first kappa shape index (κ1) is 29.2. The van der Waals surface area contributed by atoms with Gasteiger partial charge in [-0.25, -0.2) is 0 Å². The fraction of sp³-hybridized carbons (Fsp3) is 0.656. The normalized spacial score (nSPS) is 15.2. The Morgan fingerprint density at radius 3 is 2.11 bits per heavy atom. The van der Waals surface area contributed by atoms with Crippen molar-refractivity contribution in [1.29, 1.82) is 0 Å². The third-order valence-electron chi connectivity index (χ3n) is 7.68. The number of aryl methyl sites for hydroxylation is 1. The Kier molecular flexibility index (Phi) is 14.5. The van der Waals surface area contributed by atoms with Crippen molar-refractivity contribution in [2.75, 3.05) is 13.1 Å². The minimum Gasteiger partial charge on any atom is -0.507 e. The molecule has 196 valence electrons. The SMILES string of the molecule is C=CC(CC)(c1cccc(CCCCCCCCC=CCCCCCCCC)c1O)[N+]1=CNCC1. The molecule has 1 aliphatic rings. The van der Waals surface area contributed by atoms with Gasteiger partial charge in [0.05, 0.1) is 0 Å². The minimum atomic E-state index is -0.354. The van der Waals surface area contributed by atoms with Crippen molar-refractivity contribution in [2.24, 2.45) is 0 Å². The van der Waals surface area contributed by atoms with Crippen molar-refractivity contribution in [3.8, 4) is 5.75 Å². The molecule has 0 bridgehead atoms. The first-order chi connectivity index (χ1) is 17.2. The van der Waals surface area contributed by atoms with Crippen LogP contribution in [0.1, 0.15) is 121 Å². The van der Waals surface area contributed by atoms with Crippen LogP contribution in [0.2, 0.25) is 0 Å². The number of hydrogen-bond donors (Lipinski definition) is 2. The quantitative estimate of drug-likeness (QED) is 0.111. The fourth-order valence-electron chi connectivity index (χ4n) is 5.36. The molecule has 3 heteroatoms. The van der Waals surface area contributed by atoms with E-state index in [2.05, 4.69) is 60.7 Å². The van der Waals surface area contributed by atoms with Crippen LogP contribution in [-0.2, 0) is 12.0 Å². The molecule has 1 heterocycles. The molecule has 1 unspecified atom stereocenters. The molecule has 0 fully saturated rings. The number of phenols is 1. The summed E-state index contributed by atoms with van der Waals surface area (Å²) < 4.78 is 2.28. The monoisotopic (exact) mass is 481 g/mol. The van der Waals surface area contributed by atoms with Crippen molar-refractivity contribution in [3.05, 3.63) is 54.1 Å². The Balaban J connectivity index is 1.63. The van der Waals surface area contributed by atoms with E-state index in [1.54, 1.807) is 0 Å². The van der Waals surface area contributed by atoms with Crippen molar-refractivity contribution >= 4 is 6.34 Å².